The zero-order valence-corrected chi connectivity index (χ0v) is 9.15. The van der Waals surface area contributed by atoms with Gasteiger partial charge in [0.05, 0.1) is 5.39 Å². The first kappa shape index (κ1) is 8.68. The first-order valence-corrected chi connectivity index (χ1v) is 4.87. The van der Waals surface area contributed by atoms with E-state index >= 15 is 0 Å². The van der Waals surface area contributed by atoms with Crippen LogP contribution < -0.4 is 5.56 Å². The number of aryl methyl sites for hydroxylation is 1. The van der Waals surface area contributed by atoms with Gasteiger partial charge in [-0.1, -0.05) is 0 Å². The molecule has 0 saturated heterocycles. The van der Waals surface area contributed by atoms with Crippen molar-refractivity contribution < 1.29 is 0 Å². The van der Waals surface area contributed by atoms with E-state index < -0.39 is 0 Å². The van der Waals surface area contributed by atoms with Crippen LogP contribution in [0.4, 0.5) is 0 Å². The van der Waals surface area contributed by atoms with Crippen molar-refractivity contribution in [2.24, 2.45) is 7.05 Å². The molecule has 2 aromatic heterocycles. The van der Waals surface area contributed by atoms with E-state index in [1.54, 1.807) is 30.1 Å². The first-order chi connectivity index (χ1) is 6.20. The summed E-state index contributed by atoms with van der Waals surface area (Å²) in [4.78, 5) is 15.6. The molecule has 0 N–H and O–H groups in total. The van der Waals surface area contributed by atoms with Gasteiger partial charge in [-0.25, -0.2) is 0 Å². The molecule has 0 unspecified atom stereocenters. The van der Waals surface area contributed by atoms with Crippen LogP contribution in [0, 0.1) is 3.57 Å². The lowest BCUT2D eigenvalue weighted by Gasteiger charge is -2.02. The SMILES string of the molecule is Cn1cc(I)c2cnccc2c1=O. The molecule has 0 aliphatic carbocycles. The largest absolute Gasteiger partial charge is 0.317 e. The summed E-state index contributed by atoms with van der Waals surface area (Å²) in [5.41, 5.74) is 0.0258. The third kappa shape index (κ3) is 1.35. The van der Waals surface area contributed by atoms with E-state index in [2.05, 4.69) is 27.6 Å². The quantitative estimate of drug-likeness (QED) is 0.689. The molecule has 0 radical (unpaired) electrons. The van der Waals surface area contributed by atoms with Crippen LogP contribution >= 0.6 is 22.6 Å². The van der Waals surface area contributed by atoms with Crippen LogP contribution in [0.3, 0.4) is 0 Å². The Morgan fingerprint density at radius 3 is 3.00 bits per heavy atom. The van der Waals surface area contributed by atoms with Crippen molar-refractivity contribution in [1.82, 2.24) is 9.55 Å². The predicted octanol–water partition coefficient (Wildman–Crippen LogP) is 1.54. The minimum Gasteiger partial charge on any atom is -0.317 e. The lowest BCUT2D eigenvalue weighted by atomic mass is 10.2. The van der Waals surface area contributed by atoms with Gasteiger partial charge < -0.3 is 4.57 Å². The van der Waals surface area contributed by atoms with Crippen molar-refractivity contribution in [1.29, 1.82) is 0 Å². The van der Waals surface area contributed by atoms with E-state index in [1.165, 1.54) is 0 Å². The van der Waals surface area contributed by atoms with Crippen LogP contribution in [0.2, 0.25) is 0 Å². The van der Waals surface area contributed by atoms with Crippen molar-refractivity contribution in [3.8, 4) is 0 Å². The maximum atomic E-state index is 11.6. The molecule has 0 fully saturated rings. The number of pyridine rings is 2. The van der Waals surface area contributed by atoms with Gasteiger partial charge in [0.25, 0.3) is 5.56 Å². The number of nitrogens with zero attached hydrogens (tertiary/aromatic N) is 2. The molecule has 2 rings (SSSR count). The van der Waals surface area contributed by atoms with Crippen molar-refractivity contribution in [2.45, 2.75) is 0 Å². The summed E-state index contributed by atoms with van der Waals surface area (Å²) in [7, 11) is 1.75. The topological polar surface area (TPSA) is 34.9 Å². The molecule has 0 aliphatic heterocycles. The van der Waals surface area contributed by atoms with Gasteiger partial charge in [0.2, 0.25) is 0 Å². The summed E-state index contributed by atoms with van der Waals surface area (Å²) in [5.74, 6) is 0. The van der Waals surface area contributed by atoms with Crippen LogP contribution in [0.1, 0.15) is 0 Å². The van der Waals surface area contributed by atoms with Crippen LogP contribution in [-0.4, -0.2) is 9.55 Å². The van der Waals surface area contributed by atoms with E-state index in [0.29, 0.717) is 0 Å². The Kier molecular flexibility index (Phi) is 2.07. The van der Waals surface area contributed by atoms with Crippen LogP contribution in [0.5, 0.6) is 0 Å². The van der Waals surface area contributed by atoms with E-state index in [0.717, 1.165) is 14.3 Å². The molecule has 4 heteroatoms. The van der Waals surface area contributed by atoms with E-state index in [4.69, 9.17) is 0 Å². The molecule has 0 aromatic carbocycles. The molecule has 0 aliphatic rings. The molecule has 13 heavy (non-hydrogen) atoms. The maximum absolute atomic E-state index is 11.6. The van der Waals surface area contributed by atoms with Gasteiger partial charge in [0.15, 0.2) is 0 Å². The molecular weight excluding hydrogens is 279 g/mol. The van der Waals surface area contributed by atoms with Crippen LogP contribution in [0.15, 0.2) is 29.5 Å². The second kappa shape index (κ2) is 3.10. The fraction of sp³-hybridized carbons (Fsp3) is 0.111. The zero-order valence-electron chi connectivity index (χ0n) is 6.99. The van der Waals surface area contributed by atoms with Gasteiger partial charge in [-0.2, -0.15) is 0 Å². The van der Waals surface area contributed by atoms with Gasteiger partial charge in [-0.15, -0.1) is 0 Å². The highest BCUT2D eigenvalue weighted by Gasteiger charge is 2.03. The summed E-state index contributed by atoms with van der Waals surface area (Å²) in [6.07, 6.45) is 5.17. The lowest BCUT2D eigenvalue weighted by molar-refractivity contribution is 0.868. The summed E-state index contributed by atoms with van der Waals surface area (Å²) < 4.78 is 2.63. The van der Waals surface area contributed by atoms with Crippen molar-refractivity contribution >= 4 is 33.4 Å². The Balaban J connectivity index is 3.06. The van der Waals surface area contributed by atoms with E-state index in [-0.39, 0.29) is 5.56 Å². The molecule has 66 valence electrons. The third-order valence-electron chi connectivity index (χ3n) is 1.94. The summed E-state index contributed by atoms with van der Waals surface area (Å²) in [6.45, 7) is 0. The average Bonchev–Trinajstić information content (AvgIpc) is 2.15. The molecular formula is C9H7IN2O. The zero-order chi connectivity index (χ0) is 9.42. The Morgan fingerprint density at radius 1 is 1.46 bits per heavy atom. The van der Waals surface area contributed by atoms with Gasteiger partial charge in [0.1, 0.15) is 0 Å². The van der Waals surface area contributed by atoms with Gasteiger partial charge in [-0.3, -0.25) is 9.78 Å². The minimum atomic E-state index is 0.0258. The van der Waals surface area contributed by atoms with Crippen molar-refractivity contribution in [3.05, 3.63) is 38.6 Å². The van der Waals surface area contributed by atoms with Crippen LogP contribution in [-0.2, 0) is 7.05 Å². The highest BCUT2D eigenvalue weighted by atomic mass is 127. The monoisotopic (exact) mass is 286 g/mol. The second-order valence-electron chi connectivity index (χ2n) is 2.81. The standard InChI is InChI=1S/C9H7IN2O/c1-12-5-8(10)7-4-11-3-2-6(7)9(12)13/h2-5H,1H3. The van der Waals surface area contributed by atoms with Crippen molar-refractivity contribution in [3.63, 3.8) is 0 Å². The molecule has 0 amide bonds. The number of halogens is 1. The van der Waals surface area contributed by atoms with Crippen LogP contribution in [0.25, 0.3) is 10.8 Å². The average molecular weight is 286 g/mol. The van der Waals surface area contributed by atoms with Gasteiger partial charge in [0, 0.05) is 34.6 Å². The summed E-state index contributed by atoms with van der Waals surface area (Å²) >= 11 is 2.20. The summed E-state index contributed by atoms with van der Waals surface area (Å²) in [6, 6.07) is 1.75. The Labute approximate surface area is 88.6 Å². The maximum Gasteiger partial charge on any atom is 0.258 e. The van der Waals surface area contributed by atoms with Crippen molar-refractivity contribution in [2.75, 3.05) is 0 Å². The van der Waals surface area contributed by atoms with E-state index in [1.807, 2.05) is 6.20 Å². The number of rotatable bonds is 0. The Bertz CT molecular complexity index is 518. The Hall–Kier alpha value is -0.910. The second-order valence-corrected chi connectivity index (χ2v) is 3.98. The first-order valence-electron chi connectivity index (χ1n) is 3.79. The molecule has 0 saturated carbocycles. The molecule has 2 aromatic rings. The lowest BCUT2D eigenvalue weighted by Crippen LogP contribution is -2.16. The predicted molar refractivity (Wildman–Crippen MR) is 59.7 cm³/mol. The number of hydrogen-bond acceptors (Lipinski definition) is 2. The third-order valence-corrected chi connectivity index (χ3v) is 2.80. The number of hydrogen-bond donors (Lipinski definition) is 0. The molecule has 0 atom stereocenters. The smallest absolute Gasteiger partial charge is 0.258 e. The highest BCUT2D eigenvalue weighted by Crippen LogP contribution is 2.14. The van der Waals surface area contributed by atoms with Gasteiger partial charge >= 0.3 is 0 Å². The van der Waals surface area contributed by atoms with Gasteiger partial charge in [-0.05, 0) is 28.7 Å². The minimum absolute atomic E-state index is 0.0258. The van der Waals surface area contributed by atoms with E-state index in [9.17, 15) is 4.79 Å². The summed E-state index contributed by atoms with van der Waals surface area (Å²) in [5, 5.41) is 1.65. The Morgan fingerprint density at radius 2 is 2.23 bits per heavy atom. The number of fused-ring (bicyclic) bond motifs is 1. The molecule has 3 nitrogen and oxygen atoms in total. The highest BCUT2D eigenvalue weighted by molar-refractivity contribution is 14.1. The molecule has 2 heterocycles. The number of aromatic nitrogens is 2. The fourth-order valence-corrected chi connectivity index (χ4v) is 2.11. The fourth-order valence-electron chi connectivity index (χ4n) is 1.26. The molecule has 0 spiro atoms. The normalized spacial score (nSPS) is 10.6. The molecule has 0 bridgehead atoms.